The second-order valence-corrected chi connectivity index (χ2v) is 7.03. The van der Waals surface area contributed by atoms with Crippen LogP contribution in [0.15, 0.2) is 24.4 Å². The first kappa shape index (κ1) is 19.1. The van der Waals surface area contributed by atoms with Crippen molar-refractivity contribution >= 4 is 39.5 Å². The van der Waals surface area contributed by atoms with Crippen molar-refractivity contribution in [2.45, 2.75) is 6.42 Å². The summed E-state index contributed by atoms with van der Waals surface area (Å²) in [5.41, 5.74) is 5.65. The average molecular weight is 412 g/mol. The minimum absolute atomic E-state index is 0.0226. The molecule has 0 radical (unpaired) electrons. The topological polar surface area (TPSA) is 110 Å². The van der Waals surface area contributed by atoms with E-state index in [-0.39, 0.29) is 34.5 Å². The van der Waals surface area contributed by atoms with Gasteiger partial charge in [-0.2, -0.15) is 4.37 Å². The molecular formula is C16H14F2N4O3S2. The highest BCUT2D eigenvalue weighted by molar-refractivity contribution is 7.19. The van der Waals surface area contributed by atoms with Gasteiger partial charge in [-0.1, -0.05) is 17.4 Å². The van der Waals surface area contributed by atoms with Gasteiger partial charge in [0.2, 0.25) is 5.06 Å². The zero-order valence-corrected chi connectivity index (χ0v) is 15.4. The quantitative estimate of drug-likeness (QED) is 0.514. The third-order valence-corrected chi connectivity index (χ3v) is 4.98. The summed E-state index contributed by atoms with van der Waals surface area (Å²) in [6, 6.07) is 3.44. The van der Waals surface area contributed by atoms with Crippen LogP contribution in [0.3, 0.4) is 0 Å². The molecule has 0 saturated heterocycles. The van der Waals surface area contributed by atoms with E-state index in [0.717, 1.165) is 35.0 Å². The number of rotatable bonds is 7. The number of hydrogen-bond acceptors (Lipinski definition) is 8. The number of nitrogens with one attached hydrogen (secondary N) is 1. The molecule has 0 aliphatic rings. The number of aromatic nitrogens is 2. The van der Waals surface area contributed by atoms with Gasteiger partial charge in [-0.3, -0.25) is 4.79 Å². The van der Waals surface area contributed by atoms with Crippen LogP contribution < -0.4 is 15.8 Å². The lowest BCUT2D eigenvalue weighted by molar-refractivity contribution is 0.102. The van der Waals surface area contributed by atoms with Crippen molar-refractivity contribution in [3.8, 4) is 15.6 Å². The molecule has 0 bridgehead atoms. The smallest absolute Gasteiger partial charge is 0.277 e. The lowest BCUT2D eigenvalue weighted by atomic mass is 10.2. The average Bonchev–Trinajstić information content (AvgIpc) is 3.22. The number of nitrogens with zero attached hydrogens (tertiary/aromatic N) is 2. The number of benzene rings is 1. The van der Waals surface area contributed by atoms with Crippen LogP contribution in [-0.4, -0.2) is 33.6 Å². The normalized spacial score (nSPS) is 10.8. The molecule has 0 aliphatic carbocycles. The Labute approximate surface area is 160 Å². The number of thiazole rings is 1. The summed E-state index contributed by atoms with van der Waals surface area (Å²) >= 11 is 1.84. The van der Waals surface area contributed by atoms with E-state index in [9.17, 15) is 13.6 Å². The van der Waals surface area contributed by atoms with E-state index in [4.69, 9.17) is 15.6 Å². The molecule has 2 aromatic heterocycles. The Hall–Kier alpha value is -2.63. The van der Waals surface area contributed by atoms with Gasteiger partial charge in [-0.05, 0) is 12.1 Å². The summed E-state index contributed by atoms with van der Waals surface area (Å²) in [4.78, 5) is 16.5. The highest BCUT2D eigenvalue weighted by atomic mass is 32.1. The number of carbonyl (C=O) groups excluding carboxylic acids is 1. The van der Waals surface area contributed by atoms with Gasteiger partial charge in [0.15, 0.2) is 5.69 Å². The third kappa shape index (κ3) is 4.21. The monoisotopic (exact) mass is 412 g/mol. The van der Waals surface area contributed by atoms with Gasteiger partial charge < -0.3 is 20.9 Å². The molecule has 7 nitrogen and oxygen atoms in total. The van der Waals surface area contributed by atoms with Gasteiger partial charge in [0, 0.05) is 24.6 Å². The number of anilines is 2. The lowest BCUT2D eigenvalue weighted by Crippen LogP contribution is -2.14. The van der Waals surface area contributed by atoms with Crippen LogP contribution in [0.25, 0.3) is 10.6 Å². The molecule has 0 atom stereocenters. The van der Waals surface area contributed by atoms with Crippen LogP contribution in [0, 0.1) is 11.6 Å². The van der Waals surface area contributed by atoms with Gasteiger partial charge in [0.05, 0.1) is 18.4 Å². The minimum Gasteiger partial charge on any atom is -0.481 e. The zero-order valence-electron chi connectivity index (χ0n) is 13.7. The van der Waals surface area contributed by atoms with Crippen molar-refractivity contribution in [1.29, 1.82) is 0 Å². The number of aliphatic hydroxyl groups is 1. The number of hydrogen-bond donors (Lipinski definition) is 3. The van der Waals surface area contributed by atoms with E-state index in [1.165, 1.54) is 12.3 Å². The fraction of sp³-hybridized carbons (Fsp3) is 0.188. The molecule has 2 heterocycles. The summed E-state index contributed by atoms with van der Waals surface area (Å²) in [6.45, 7) is 0.238. The molecule has 0 aliphatic heterocycles. The Bertz CT molecular complexity index is 941. The van der Waals surface area contributed by atoms with Gasteiger partial charge in [-0.25, -0.2) is 13.8 Å². The van der Waals surface area contributed by atoms with Crippen molar-refractivity contribution < 1.29 is 23.4 Å². The Balaban J connectivity index is 1.81. The second-order valence-electron chi connectivity index (χ2n) is 5.24. The van der Waals surface area contributed by atoms with Crippen LogP contribution in [-0.2, 0) is 0 Å². The highest BCUT2D eigenvalue weighted by Gasteiger charge is 2.22. The van der Waals surface area contributed by atoms with Gasteiger partial charge in [0.25, 0.3) is 5.91 Å². The molecule has 0 fully saturated rings. The number of nitrogens with two attached hydrogens (primary N) is 1. The number of nitrogen functional groups attached to an aromatic ring is 1. The first-order valence-electron chi connectivity index (χ1n) is 7.71. The molecule has 4 N–H and O–H groups in total. The Morgan fingerprint density at radius 1 is 1.33 bits per heavy atom. The minimum atomic E-state index is -0.794. The molecule has 3 aromatic rings. The van der Waals surface area contributed by atoms with E-state index in [1.807, 2.05) is 0 Å². The SMILES string of the molecule is Nc1sc(-c2c(F)cccc2F)nc1C(=O)Nc1cnsc1OCCCO. The van der Waals surface area contributed by atoms with Gasteiger partial charge >= 0.3 is 0 Å². The lowest BCUT2D eigenvalue weighted by Gasteiger charge is -2.06. The molecule has 3 rings (SSSR count). The molecule has 0 unspecified atom stereocenters. The molecule has 0 spiro atoms. The maximum atomic E-state index is 13.9. The fourth-order valence-electron chi connectivity index (χ4n) is 2.13. The fourth-order valence-corrected chi connectivity index (χ4v) is 3.60. The summed E-state index contributed by atoms with van der Waals surface area (Å²) in [5.74, 6) is -2.24. The van der Waals surface area contributed by atoms with Gasteiger partial charge in [0.1, 0.15) is 27.3 Å². The van der Waals surface area contributed by atoms with Crippen molar-refractivity contribution in [2.75, 3.05) is 24.3 Å². The van der Waals surface area contributed by atoms with Crippen LogP contribution in [0.5, 0.6) is 5.06 Å². The van der Waals surface area contributed by atoms with Crippen LogP contribution in [0.1, 0.15) is 16.9 Å². The summed E-state index contributed by atoms with van der Waals surface area (Å²) in [5, 5.41) is 11.7. The predicted octanol–water partition coefficient (Wildman–Crippen LogP) is 3.14. The Morgan fingerprint density at radius 3 is 2.78 bits per heavy atom. The van der Waals surface area contributed by atoms with E-state index in [2.05, 4.69) is 14.7 Å². The number of aliphatic hydroxyl groups excluding tert-OH is 1. The van der Waals surface area contributed by atoms with Crippen molar-refractivity contribution in [3.63, 3.8) is 0 Å². The van der Waals surface area contributed by atoms with Crippen molar-refractivity contribution in [1.82, 2.24) is 9.36 Å². The molecule has 11 heteroatoms. The first-order chi connectivity index (χ1) is 13.0. The number of halogens is 2. The van der Waals surface area contributed by atoms with E-state index in [1.54, 1.807) is 0 Å². The largest absolute Gasteiger partial charge is 0.481 e. The summed E-state index contributed by atoms with van der Waals surface area (Å²) in [7, 11) is 0. The van der Waals surface area contributed by atoms with Crippen LogP contribution >= 0.6 is 22.9 Å². The number of carbonyl (C=O) groups is 1. The zero-order chi connectivity index (χ0) is 19.4. The van der Waals surface area contributed by atoms with E-state index >= 15 is 0 Å². The molecule has 27 heavy (non-hydrogen) atoms. The van der Waals surface area contributed by atoms with Crippen molar-refractivity contribution in [2.24, 2.45) is 0 Å². The summed E-state index contributed by atoms with van der Waals surface area (Å²) in [6.07, 6.45) is 1.83. The van der Waals surface area contributed by atoms with Crippen molar-refractivity contribution in [3.05, 3.63) is 41.7 Å². The molecule has 0 saturated carbocycles. The van der Waals surface area contributed by atoms with Crippen LogP contribution in [0.2, 0.25) is 0 Å². The summed E-state index contributed by atoms with van der Waals surface area (Å²) < 4.78 is 37.2. The third-order valence-electron chi connectivity index (χ3n) is 3.37. The maximum absolute atomic E-state index is 13.9. The first-order valence-corrected chi connectivity index (χ1v) is 9.30. The van der Waals surface area contributed by atoms with Gasteiger partial charge in [-0.15, -0.1) is 0 Å². The standard InChI is InChI=1S/C16H14F2N4O3S2/c17-8-3-1-4-9(18)11(8)15-22-12(13(19)26-15)14(24)21-10-7-20-27-16(10)25-6-2-5-23/h1,3-4,7,23H,2,5-6,19H2,(H,21,24). The molecule has 1 aromatic carbocycles. The second kappa shape index (κ2) is 8.37. The molecule has 142 valence electrons. The Kier molecular flexibility index (Phi) is 5.94. The van der Waals surface area contributed by atoms with E-state index < -0.39 is 17.5 Å². The number of ether oxygens (including phenoxy) is 1. The van der Waals surface area contributed by atoms with Crippen LogP contribution in [0.4, 0.5) is 19.5 Å². The highest BCUT2D eigenvalue weighted by Crippen LogP contribution is 2.34. The molecular weight excluding hydrogens is 398 g/mol. The number of amides is 1. The predicted molar refractivity (Wildman–Crippen MR) is 99.1 cm³/mol. The maximum Gasteiger partial charge on any atom is 0.277 e. The van der Waals surface area contributed by atoms with E-state index in [0.29, 0.717) is 17.2 Å². The Morgan fingerprint density at radius 2 is 2.07 bits per heavy atom. The molecule has 1 amide bonds.